The number of thiazole rings is 1. The van der Waals surface area contributed by atoms with Crippen LogP contribution in [0.3, 0.4) is 0 Å². The Morgan fingerprint density at radius 3 is 2.71 bits per heavy atom. The first-order chi connectivity index (χ1) is 9.97. The van der Waals surface area contributed by atoms with E-state index in [0.29, 0.717) is 5.92 Å². The normalized spacial score (nSPS) is 12.6. The summed E-state index contributed by atoms with van der Waals surface area (Å²) in [6, 6.07) is 4.24. The zero-order valence-corrected chi connectivity index (χ0v) is 14.6. The first-order valence-electron chi connectivity index (χ1n) is 7.29. The Kier molecular flexibility index (Phi) is 5.53. The summed E-state index contributed by atoms with van der Waals surface area (Å²) in [7, 11) is 0. The summed E-state index contributed by atoms with van der Waals surface area (Å²) in [4.78, 5) is 18.7. The summed E-state index contributed by atoms with van der Waals surface area (Å²) < 4.78 is 0. The van der Waals surface area contributed by atoms with E-state index in [1.54, 1.807) is 11.3 Å². The number of aryl methyl sites for hydroxylation is 1. The molecule has 0 saturated heterocycles. The lowest BCUT2D eigenvalue weighted by molar-refractivity contribution is 0.0940. The molecule has 2 aromatic rings. The van der Waals surface area contributed by atoms with Crippen LogP contribution in [-0.4, -0.2) is 16.9 Å². The molecule has 0 saturated carbocycles. The van der Waals surface area contributed by atoms with Crippen molar-refractivity contribution in [1.29, 1.82) is 0 Å². The lowest BCUT2D eigenvalue weighted by Gasteiger charge is -2.14. The van der Waals surface area contributed by atoms with Crippen molar-refractivity contribution >= 4 is 28.6 Å². The maximum absolute atomic E-state index is 12.4. The Hall–Kier alpha value is -1.20. The van der Waals surface area contributed by atoms with E-state index >= 15 is 0 Å². The Bertz CT molecular complexity index is 587. The fourth-order valence-corrected chi connectivity index (χ4v) is 3.82. The maximum Gasteiger partial charge on any atom is 0.263 e. The first kappa shape index (κ1) is 16.2. The molecule has 0 bridgehead atoms. The number of carbonyl (C=O) groups excluding carboxylic acids is 1. The number of aromatic nitrogens is 1. The van der Waals surface area contributed by atoms with Crippen LogP contribution in [0, 0.1) is 12.8 Å². The first-order valence-corrected chi connectivity index (χ1v) is 8.99. The molecule has 2 rings (SSSR count). The van der Waals surface area contributed by atoms with Gasteiger partial charge >= 0.3 is 0 Å². The van der Waals surface area contributed by atoms with E-state index in [1.165, 1.54) is 11.3 Å². The van der Waals surface area contributed by atoms with Crippen LogP contribution in [0.25, 0.3) is 9.88 Å². The molecule has 0 aliphatic rings. The number of rotatable bonds is 6. The third-order valence-electron chi connectivity index (χ3n) is 3.29. The van der Waals surface area contributed by atoms with Crippen molar-refractivity contribution in [3.8, 4) is 9.88 Å². The standard InChI is InChI=1S/C16H22N2OS2/c1-10(2)7-8-11(3)17-15(19)14-12(4)18-16(21-14)13-6-5-9-20-13/h5-6,9-11H,7-8H2,1-4H3,(H,17,19)/t11-/m1/s1. The lowest BCUT2D eigenvalue weighted by Crippen LogP contribution is -2.32. The molecule has 0 aliphatic heterocycles. The molecular formula is C16H22N2OS2. The predicted molar refractivity (Wildman–Crippen MR) is 91.2 cm³/mol. The van der Waals surface area contributed by atoms with E-state index in [9.17, 15) is 4.79 Å². The minimum Gasteiger partial charge on any atom is -0.349 e. The van der Waals surface area contributed by atoms with Crippen molar-refractivity contribution in [3.05, 3.63) is 28.1 Å². The minimum atomic E-state index is 0.00376. The van der Waals surface area contributed by atoms with Crippen LogP contribution in [-0.2, 0) is 0 Å². The van der Waals surface area contributed by atoms with Gasteiger partial charge < -0.3 is 5.32 Å². The Labute approximate surface area is 134 Å². The van der Waals surface area contributed by atoms with E-state index in [0.717, 1.165) is 33.3 Å². The molecule has 2 aromatic heterocycles. The fraction of sp³-hybridized carbons (Fsp3) is 0.500. The van der Waals surface area contributed by atoms with Crippen molar-refractivity contribution in [2.75, 3.05) is 0 Å². The van der Waals surface area contributed by atoms with E-state index < -0.39 is 0 Å². The number of nitrogens with zero attached hydrogens (tertiary/aromatic N) is 1. The molecule has 2 heterocycles. The van der Waals surface area contributed by atoms with Crippen molar-refractivity contribution < 1.29 is 4.79 Å². The highest BCUT2D eigenvalue weighted by Crippen LogP contribution is 2.31. The average Bonchev–Trinajstić information content (AvgIpc) is 3.05. The topological polar surface area (TPSA) is 42.0 Å². The van der Waals surface area contributed by atoms with E-state index in [2.05, 4.69) is 31.1 Å². The third kappa shape index (κ3) is 4.38. The Morgan fingerprint density at radius 2 is 2.10 bits per heavy atom. The van der Waals surface area contributed by atoms with Gasteiger partial charge in [0.25, 0.3) is 5.91 Å². The second kappa shape index (κ2) is 7.18. The summed E-state index contributed by atoms with van der Waals surface area (Å²) in [6.45, 7) is 8.38. The number of amides is 1. The largest absolute Gasteiger partial charge is 0.349 e. The molecular weight excluding hydrogens is 300 g/mol. The summed E-state index contributed by atoms with van der Waals surface area (Å²) in [6.07, 6.45) is 2.14. The van der Waals surface area contributed by atoms with Crippen LogP contribution in [0.4, 0.5) is 0 Å². The molecule has 1 N–H and O–H groups in total. The van der Waals surface area contributed by atoms with Crippen LogP contribution in [0.5, 0.6) is 0 Å². The number of hydrogen-bond donors (Lipinski definition) is 1. The van der Waals surface area contributed by atoms with Gasteiger partial charge in [0.15, 0.2) is 0 Å². The van der Waals surface area contributed by atoms with Gasteiger partial charge in [-0.25, -0.2) is 4.98 Å². The molecule has 3 nitrogen and oxygen atoms in total. The maximum atomic E-state index is 12.4. The van der Waals surface area contributed by atoms with Crippen molar-refractivity contribution in [3.63, 3.8) is 0 Å². The number of nitrogens with one attached hydrogen (secondary N) is 1. The predicted octanol–water partition coefficient (Wildman–Crippen LogP) is 4.73. The fourth-order valence-electron chi connectivity index (χ4n) is 2.06. The molecule has 0 unspecified atom stereocenters. The van der Waals surface area contributed by atoms with E-state index in [1.807, 2.05) is 24.4 Å². The monoisotopic (exact) mass is 322 g/mol. The van der Waals surface area contributed by atoms with Gasteiger partial charge in [0.2, 0.25) is 0 Å². The SMILES string of the molecule is Cc1nc(-c2cccs2)sc1C(=O)N[C@H](C)CCC(C)C. The number of hydrogen-bond acceptors (Lipinski definition) is 4. The molecule has 0 radical (unpaired) electrons. The van der Waals surface area contributed by atoms with Gasteiger partial charge in [-0.05, 0) is 44.1 Å². The van der Waals surface area contributed by atoms with Gasteiger partial charge in [-0.1, -0.05) is 19.9 Å². The summed E-state index contributed by atoms with van der Waals surface area (Å²) in [5, 5.41) is 6.05. The quantitative estimate of drug-likeness (QED) is 0.835. The van der Waals surface area contributed by atoms with Crippen LogP contribution in [0.1, 0.15) is 49.0 Å². The van der Waals surface area contributed by atoms with Gasteiger partial charge in [0.1, 0.15) is 9.88 Å². The van der Waals surface area contributed by atoms with Gasteiger partial charge in [0, 0.05) is 6.04 Å². The van der Waals surface area contributed by atoms with Crippen molar-refractivity contribution in [2.24, 2.45) is 5.92 Å². The van der Waals surface area contributed by atoms with Gasteiger partial charge in [0.05, 0.1) is 10.6 Å². The van der Waals surface area contributed by atoms with Gasteiger partial charge in [-0.15, -0.1) is 22.7 Å². The van der Waals surface area contributed by atoms with Crippen LogP contribution in [0.15, 0.2) is 17.5 Å². The van der Waals surface area contributed by atoms with E-state index in [-0.39, 0.29) is 11.9 Å². The molecule has 0 spiro atoms. The molecule has 0 aromatic carbocycles. The van der Waals surface area contributed by atoms with Crippen LogP contribution < -0.4 is 5.32 Å². The third-order valence-corrected chi connectivity index (χ3v) is 5.48. The molecule has 1 atom stereocenters. The lowest BCUT2D eigenvalue weighted by atomic mass is 10.0. The number of thiophene rings is 1. The highest BCUT2D eigenvalue weighted by molar-refractivity contribution is 7.22. The highest BCUT2D eigenvalue weighted by atomic mass is 32.1. The molecule has 21 heavy (non-hydrogen) atoms. The summed E-state index contributed by atoms with van der Waals surface area (Å²) in [5.74, 6) is 0.670. The summed E-state index contributed by atoms with van der Waals surface area (Å²) >= 11 is 3.13. The zero-order chi connectivity index (χ0) is 15.4. The molecule has 0 aliphatic carbocycles. The zero-order valence-electron chi connectivity index (χ0n) is 13.0. The smallest absolute Gasteiger partial charge is 0.263 e. The van der Waals surface area contributed by atoms with Crippen LogP contribution >= 0.6 is 22.7 Å². The molecule has 114 valence electrons. The minimum absolute atomic E-state index is 0.00376. The van der Waals surface area contributed by atoms with Crippen molar-refractivity contribution in [1.82, 2.24) is 10.3 Å². The second-order valence-corrected chi connectivity index (χ2v) is 7.70. The molecule has 1 amide bonds. The van der Waals surface area contributed by atoms with Gasteiger partial charge in [-0.3, -0.25) is 4.79 Å². The van der Waals surface area contributed by atoms with Gasteiger partial charge in [-0.2, -0.15) is 0 Å². The van der Waals surface area contributed by atoms with Crippen molar-refractivity contribution in [2.45, 2.75) is 46.6 Å². The average molecular weight is 322 g/mol. The Morgan fingerprint density at radius 1 is 1.33 bits per heavy atom. The van der Waals surface area contributed by atoms with Crippen LogP contribution in [0.2, 0.25) is 0 Å². The highest BCUT2D eigenvalue weighted by Gasteiger charge is 2.18. The summed E-state index contributed by atoms with van der Waals surface area (Å²) in [5.41, 5.74) is 0.817. The molecule has 0 fully saturated rings. The number of carbonyl (C=O) groups is 1. The second-order valence-electron chi connectivity index (χ2n) is 5.76. The Balaban J connectivity index is 2.03. The molecule has 5 heteroatoms. The van der Waals surface area contributed by atoms with E-state index in [4.69, 9.17) is 0 Å².